The van der Waals surface area contributed by atoms with Crippen molar-refractivity contribution in [1.29, 1.82) is 0 Å². The predicted octanol–water partition coefficient (Wildman–Crippen LogP) is 3.29. The maximum Gasteiger partial charge on any atom is 0.262 e. The number of nitrogens with zero attached hydrogens (tertiary/aromatic N) is 1. The van der Waals surface area contributed by atoms with E-state index in [4.69, 9.17) is 4.74 Å². The van der Waals surface area contributed by atoms with E-state index < -0.39 is 10.0 Å². The highest BCUT2D eigenvalue weighted by molar-refractivity contribution is 7.92. The molecule has 0 radical (unpaired) electrons. The van der Waals surface area contributed by atoms with E-state index in [0.29, 0.717) is 30.1 Å². The van der Waals surface area contributed by atoms with Crippen molar-refractivity contribution in [3.8, 4) is 5.75 Å². The van der Waals surface area contributed by atoms with Gasteiger partial charge in [0.15, 0.2) is 0 Å². The second-order valence-corrected chi connectivity index (χ2v) is 7.49. The largest absolute Gasteiger partial charge is 0.495 e. The minimum Gasteiger partial charge on any atom is -0.495 e. The molecule has 0 aliphatic heterocycles. The first-order valence-corrected chi connectivity index (χ1v) is 9.87. The van der Waals surface area contributed by atoms with E-state index >= 15 is 0 Å². The van der Waals surface area contributed by atoms with Crippen LogP contribution in [0.5, 0.6) is 5.75 Å². The SMILES string of the molecule is CCN(CC)C(=O)c1ccc(S(=O)(=O)Nc2cc(C)ccc2OC)cc1. The Bertz CT molecular complexity index is 873. The smallest absolute Gasteiger partial charge is 0.262 e. The van der Waals surface area contributed by atoms with Crippen LogP contribution in [0.3, 0.4) is 0 Å². The first-order chi connectivity index (χ1) is 12.3. The Balaban J connectivity index is 2.28. The van der Waals surface area contributed by atoms with E-state index in [2.05, 4.69) is 4.72 Å². The van der Waals surface area contributed by atoms with Gasteiger partial charge in [0.1, 0.15) is 5.75 Å². The first-order valence-electron chi connectivity index (χ1n) is 8.39. The monoisotopic (exact) mass is 376 g/mol. The van der Waals surface area contributed by atoms with Gasteiger partial charge in [0, 0.05) is 18.7 Å². The highest BCUT2D eigenvalue weighted by Crippen LogP contribution is 2.28. The second kappa shape index (κ2) is 8.23. The third-order valence-corrected chi connectivity index (χ3v) is 5.44. The lowest BCUT2D eigenvalue weighted by atomic mass is 10.2. The van der Waals surface area contributed by atoms with Crippen molar-refractivity contribution < 1.29 is 17.9 Å². The standard InChI is InChI=1S/C19H24N2O4S/c1-5-21(6-2)19(22)15-8-10-16(11-9-15)26(23,24)20-17-13-14(3)7-12-18(17)25-4/h7-13,20H,5-6H2,1-4H3. The average Bonchev–Trinajstić information content (AvgIpc) is 2.62. The molecule has 26 heavy (non-hydrogen) atoms. The molecule has 0 aliphatic carbocycles. The minimum absolute atomic E-state index is 0.0807. The van der Waals surface area contributed by atoms with Crippen LogP contribution >= 0.6 is 0 Å². The van der Waals surface area contributed by atoms with Crippen molar-refractivity contribution in [2.24, 2.45) is 0 Å². The van der Waals surface area contributed by atoms with Gasteiger partial charge in [-0.1, -0.05) is 6.07 Å². The van der Waals surface area contributed by atoms with Crippen LogP contribution < -0.4 is 9.46 Å². The molecule has 2 aromatic carbocycles. The van der Waals surface area contributed by atoms with Gasteiger partial charge < -0.3 is 9.64 Å². The number of methoxy groups -OCH3 is 1. The number of ether oxygens (including phenoxy) is 1. The van der Waals surface area contributed by atoms with Gasteiger partial charge in [0.05, 0.1) is 17.7 Å². The molecule has 0 spiro atoms. The molecule has 0 saturated carbocycles. The summed E-state index contributed by atoms with van der Waals surface area (Å²) in [5.74, 6) is 0.319. The number of benzene rings is 2. The molecule has 0 atom stereocenters. The molecule has 2 rings (SSSR count). The van der Waals surface area contributed by atoms with Gasteiger partial charge in [-0.3, -0.25) is 9.52 Å². The Morgan fingerprint density at radius 2 is 1.69 bits per heavy atom. The third kappa shape index (κ3) is 4.35. The maximum absolute atomic E-state index is 12.6. The van der Waals surface area contributed by atoms with E-state index in [1.54, 1.807) is 17.0 Å². The summed E-state index contributed by atoms with van der Waals surface area (Å²) in [5.41, 5.74) is 1.74. The molecule has 0 aromatic heterocycles. The Morgan fingerprint density at radius 3 is 2.23 bits per heavy atom. The van der Waals surface area contributed by atoms with Crippen molar-refractivity contribution in [3.05, 3.63) is 53.6 Å². The highest BCUT2D eigenvalue weighted by Gasteiger charge is 2.18. The van der Waals surface area contributed by atoms with Gasteiger partial charge in [-0.15, -0.1) is 0 Å². The summed E-state index contributed by atoms with van der Waals surface area (Å²) < 4.78 is 33.0. The molecule has 6 nitrogen and oxygen atoms in total. The molecule has 0 bridgehead atoms. The first kappa shape index (κ1) is 19.8. The molecule has 0 aliphatic rings. The van der Waals surface area contributed by atoms with E-state index in [1.165, 1.54) is 31.4 Å². The van der Waals surface area contributed by atoms with Gasteiger partial charge in [-0.05, 0) is 62.7 Å². The third-order valence-electron chi connectivity index (χ3n) is 4.06. The number of anilines is 1. The van der Waals surface area contributed by atoms with Crippen LogP contribution in [0.1, 0.15) is 29.8 Å². The Labute approximate surface area is 154 Å². The van der Waals surface area contributed by atoms with E-state index in [0.717, 1.165) is 5.56 Å². The fourth-order valence-electron chi connectivity index (χ4n) is 2.58. The van der Waals surface area contributed by atoms with Crippen LogP contribution in [-0.4, -0.2) is 39.4 Å². The highest BCUT2D eigenvalue weighted by atomic mass is 32.2. The van der Waals surface area contributed by atoms with Gasteiger partial charge in [-0.25, -0.2) is 8.42 Å². The number of nitrogens with one attached hydrogen (secondary N) is 1. The Kier molecular flexibility index (Phi) is 6.26. The van der Waals surface area contributed by atoms with Crippen LogP contribution in [0.4, 0.5) is 5.69 Å². The number of sulfonamides is 1. The summed E-state index contributed by atoms with van der Waals surface area (Å²) in [5, 5.41) is 0. The number of hydrogen-bond acceptors (Lipinski definition) is 4. The van der Waals surface area contributed by atoms with Crippen molar-refractivity contribution in [2.45, 2.75) is 25.7 Å². The maximum atomic E-state index is 12.6. The molecule has 140 valence electrons. The molecule has 0 fully saturated rings. The average molecular weight is 376 g/mol. The zero-order valence-corrected chi connectivity index (χ0v) is 16.3. The van der Waals surface area contributed by atoms with Crippen molar-refractivity contribution in [3.63, 3.8) is 0 Å². The molecule has 2 aromatic rings. The van der Waals surface area contributed by atoms with E-state index in [9.17, 15) is 13.2 Å². The van der Waals surface area contributed by atoms with Crippen molar-refractivity contribution in [2.75, 3.05) is 24.9 Å². The van der Waals surface area contributed by atoms with Gasteiger partial charge in [0.2, 0.25) is 0 Å². The summed E-state index contributed by atoms with van der Waals surface area (Å²) in [6.07, 6.45) is 0. The molecule has 1 amide bonds. The topological polar surface area (TPSA) is 75.7 Å². The fourth-order valence-corrected chi connectivity index (χ4v) is 3.64. The molecule has 0 unspecified atom stereocenters. The van der Waals surface area contributed by atoms with E-state index in [1.807, 2.05) is 26.8 Å². The molecular weight excluding hydrogens is 352 g/mol. The van der Waals surface area contributed by atoms with Crippen LogP contribution in [0, 0.1) is 6.92 Å². The molecule has 0 saturated heterocycles. The lowest BCUT2D eigenvalue weighted by Crippen LogP contribution is -2.30. The number of carbonyl (C=O) groups is 1. The number of hydrogen-bond donors (Lipinski definition) is 1. The van der Waals surface area contributed by atoms with Crippen molar-refractivity contribution in [1.82, 2.24) is 4.90 Å². The summed E-state index contributed by atoms with van der Waals surface area (Å²) in [4.78, 5) is 14.1. The second-order valence-electron chi connectivity index (χ2n) is 5.81. The minimum atomic E-state index is -3.79. The Morgan fingerprint density at radius 1 is 1.08 bits per heavy atom. The van der Waals surface area contributed by atoms with Crippen LogP contribution in [-0.2, 0) is 10.0 Å². The summed E-state index contributed by atoms with van der Waals surface area (Å²) in [7, 11) is -2.31. The lowest BCUT2D eigenvalue weighted by molar-refractivity contribution is 0.0773. The predicted molar refractivity (Wildman–Crippen MR) is 102 cm³/mol. The fraction of sp³-hybridized carbons (Fsp3) is 0.316. The van der Waals surface area contributed by atoms with Crippen molar-refractivity contribution >= 4 is 21.6 Å². The summed E-state index contributed by atoms with van der Waals surface area (Å²) >= 11 is 0. The molecule has 0 heterocycles. The normalized spacial score (nSPS) is 11.1. The number of aryl methyl sites for hydroxylation is 1. The van der Waals surface area contributed by atoms with Crippen LogP contribution in [0.2, 0.25) is 0 Å². The lowest BCUT2D eigenvalue weighted by Gasteiger charge is -2.18. The van der Waals surface area contributed by atoms with Gasteiger partial charge in [-0.2, -0.15) is 0 Å². The zero-order chi connectivity index (χ0) is 19.3. The molecule has 7 heteroatoms. The van der Waals surface area contributed by atoms with Gasteiger partial charge >= 0.3 is 0 Å². The molecule has 1 N–H and O–H groups in total. The zero-order valence-electron chi connectivity index (χ0n) is 15.4. The Hall–Kier alpha value is -2.54. The quantitative estimate of drug-likeness (QED) is 0.805. The summed E-state index contributed by atoms with van der Waals surface area (Å²) in [6, 6.07) is 11.2. The number of carbonyl (C=O) groups excluding carboxylic acids is 1. The van der Waals surface area contributed by atoms with E-state index in [-0.39, 0.29) is 10.8 Å². The summed E-state index contributed by atoms with van der Waals surface area (Å²) in [6.45, 7) is 6.87. The van der Waals surface area contributed by atoms with Gasteiger partial charge in [0.25, 0.3) is 15.9 Å². The number of amides is 1. The number of rotatable bonds is 7. The van der Waals surface area contributed by atoms with Crippen LogP contribution in [0.25, 0.3) is 0 Å². The van der Waals surface area contributed by atoms with Crippen LogP contribution in [0.15, 0.2) is 47.4 Å². The molecular formula is C19H24N2O4S.